The number of thiophene rings is 1. The normalized spacial score (nSPS) is 19.3. The third-order valence-corrected chi connectivity index (χ3v) is 5.55. The molecule has 0 saturated heterocycles. The monoisotopic (exact) mass is 309 g/mol. The summed E-state index contributed by atoms with van der Waals surface area (Å²) in [5, 5.41) is 3.69. The molecular weight excluding hydrogens is 290 g/mol. The molecule has 1 unspecified atom stereocenters. The summed E-state index contributed by atoms with van der Waals surface area (Å²) in [6, 6.07) is 8.12. The van der Waals surface area contributed by atoms with Gasteiger partial charge in [0.2, 0.25) is 0 Å². The first-order chi connectivity index (χ1) is 9.66. The minimum absolute atomic E-state index is 0.111. The molecule has 0 amide bonds. The van der Waals surface area contributed by atoms with E-state index in [2.05, 4.69) is 18.3 Å². The number of furan rings is 1. The number of halogens is 1. The van der Waals surface area contributed by atoms with Crippen LogP contribution in [0.15, 0.2) is 34.9 Å². The number of rotatable bonds is 5. The summed E-state index contributed by atoms with van der Waals surface area (Å²) in [4.78, 5) is 1.21. The second kappa shape index (κ2) is 5.92. The van der Waals surface area contributed by atoms with Gasteiger partial charge in [-0.2, -0.15) is 0 Å². The van der Waals surface area contributed by atoms with Crippen LogP contribution < -0.4 is 5.32 Å². The van der Waals surface area contributed by atoms with Crippen LogP contribution in [-0.2, 0) is 0 Å². The van der Waals surface area contributed by atoms with Crippen molar-refractivity contribution in [2.24, 2.45) is 5.41 Å². The van der Waals surface area contributed by atoms with Gasteiger partial charge in [-0.15, -0.1) is 11.3 Å². The number of hydrogen-bond donors (Lipinski definition) is 1. The molecule has 1 atom stereocenters. The maximum atomic E-state index is 6.08. The molecule has 2 nitrogen and oxygen atoms in total. The highest BCUT2D eigenvalue weighted by Crippen LogP contribution is 2.38. The molecule has 0 aromatic carbocycles. The molecule has 0 aliphatic heterocycles. The van der Waals surface area contributed by atoms with Crippen molar-refractivity contribution in [3.63, 3.8) is 0 Å². The van der Waals surface area contributed by atoms with Crippen LogP contribution in [-0.4, -0.2) is 6.54 Å². The van der Waals surface area contributed by atoms with Gasteiger partial charge in [-0.05, 0) is 42.5 Å². The largest absolute Gasteiger partial charge is 0.467 e. The summed E-state index contributed by atoms with van der Waals surface area (Å²) in [6.07, 6.45) is 7.07. The van der Waals surface area contributed by atoms with Crippen LogP contribution in [0.1, 0.15) is 49.3 Å². The van der Waals surface area contributed by atoms with E-state index in [-0.39, 0.29) is 6.04 Å². The molecule has 108 valence electrons. The van der Waals surface area contributed by atoms with E-state index in [1.165, 1.54) is 30.6 Å². The van der Waals surface area contributed by atoms with E-state index in [1.807, 2.05) is 18.2 Å². The standard InChI is InChI=1S/C16H20ClNOS/c1-16(8-2-3-9-16)11-18-15(12-5-4-10-19-12)13-6-7-14(17)20-13/h4-7,10,15,18H,2-3,8-9,11H2,1H3. The Morgan fingerprint density at radius 2 is 2.15 bits per heavy atom. The molecule has 1 fully saturated rings. The van der Waals surface area contributed by atoms with Crippen molar-refractivity contribution in [1.29, 1.82) is 0 Å². The van der Waals surface area contributed by atoms with Crippen molar-refractivity contribution >= 4 is 22.9 Å². The predicted molar refractivity (Wildman–Crippen MR) is 84.5 cm³/mol. The summed E-state index contributed by atoms with van der Waals surface area (Å²) >= 11 is 7.70. The van der Waals surface area contributed by atoms with E-state index in [1.54, 1.807) is 17.6 Å². The summed E-state index contributed by atoms with van der Waals surface area (Å²) < 4.78 is 6.43. The Balaban J connectivity index is 1.76. The van der Waals surface area contributed by atoms with E-state index in [0.717, 1.165) is 16.6 Å². The SMILES string of the molecule is CC1(CNC(c2ccco2)c2ccc(Cl)s2)CCCC1. The van der Waals surface area contributed by atoms with E-state index < -0.39 is 0 Å². The average Bonchev–Trinajstić information content (AvgIpc) is 3.13. The van der Waals surface area contributed by atoms with Crippen molar-refractivity contribution in [1.82, 2.24) is 5.32 Å². The van der Waals surface area contributed by atoms with Crippen molar-refractivity contribution in [3.8, 4) is 0 Å². The minimum atomic E-state index is 0.111. The van der Waals surface area contributed by atoms with E-state index in [0.29, 0.717) is 5.41 Å². The zero-order valence-electron chi connectivity index (χ0n) is 11.7. The van der Waals surface area contributed by atoms with E-state index >= 15 is 0 Å². The summed E-state index contributed by atoms with van der Waals surface area (Å²) in [5.74, 6) is 0.963. The van der Waals surface area contributed by atoms with Gasteiger partial charge in [-0.25, -0.2) is 0 Å². The van der Waals surface area contributed by atoms with E-state index in [4.69, 9.17) is 16.0 Å². The smallest absolute Gasteiger partial charge is 0.126 e. The first kappa shape index (κ1) is 14.2. The third-order valence-electron chi connectivity index (χ3n) is 4.25. The third kappa shape index (κ3) is 3.11. The molecule has 0 radical (unpaired) electrons. The van der Waals surface area contributed by atoms with Crippen LogP contribution >= 0.6 is 22.9 Å². The quantitative estimate of drug-likeness (QED) is 0.815. The van der Waals surface area contributed by atoms with Gasteiger partial charge in [-0.3, -0.25) is 0 Å². The zero-order valence-corrected chi connectivity index (χ0v) is 13.3. The lowest BCUT2D eigenvalue weighted by Gasteiger charge is -2.26. The highest BCUT2D eigenvalue weighted by Gasteiger charge is 2.30. The highest BCUT2D eigenvalue weighted by atomic mass is 35.5. The molecule has 1 N–H and O–H groups in total. The second-order valence-corrected chi connectivity index (χ2v) is 7.74. The van der Waals surface area contributed by atoms with Crippen LogP contribution in [0.25, 0.3) is 0 Å². The zero-order chi connectivity index (χ0) is 14.0. The molecule has 1 saturated carbocycles. The Hall–Kier alpha value is -0.770. The van der Waals surface area contributed by atoms with Crippen molar-refractivity contribution in [3.05, 3.63) is 45.5 Å². The molecule has 2 aromatic heterocycles. The van der Waals surface area contributed by atoms with Crippen LogP contribution in [0.5, 0.6) is 0 Å². The Morgan fingerprint density at radius 3 is 2.75 bits per heavy atom. The fraction of sp³-hybridized carbons (Fsp3) is 0.500. The summed E-state index contributed by atoms with van der Waals surface area (Å²) in [6.45, 7) is 3.40. The van der Waals surface area contributed by atoms with Gasteiger partial charge in [0.05, 0.1) is 10.6 Å². The molecule has 3 rings (SSSR count). The van der Waals surface area contributed by atoms with Gasteiger partial charge in [0.15, 0.2) is 0 Å². The molecule has 1 aliphatic rings. The molecule has 4 heteroatoms. The Kier molecular flexibility index (Phi) is 4.20. The van der Waals surface area contributed by atoms with Gasteiger partial charge >= 0.3 is 0 Å². The molecule has 1 aliphatic carbocycles. The maximum absolute atomic E-state index is 6.08. The first-order valence-corrected chi connectivity index (χ1v) is 8.38. The number of nitrogens with one attached hydrogen (secondary N) is 1. The van der Waals surface area contributed by atoms with Gasteiger partial charge in [0.1, 0.15) is 11.8 Å². The topological polar surface area (TPSA) is 25.2 Å². The Labute approximate surface area is 129 Å². The lowest BCUT2D eigenvalue weighted by molar-refractivity contribution is 0.297. The summed E-state index contributed by atoms with van der Waals surface area (Å²) in [5.41, 5.74) is 0.423. The first-order valence-electron chi connectivity index (χ1n) is 7.18. The lowest BCUT2D eigenvalue weighted by Crippen LogP contribution is -2.32. The molecule has 0 bridgehead atoms. The molecule has 2 heterocycles. The number of hydrogen-bond acceptors (Lipinski definition) is 3. The van der Waals surface area contributed by atoms with Crippen molar-refractivity contribution in [2.45, 2.75) is 38.6 Å². The predicted octanol–water partition coefficient (Wildman–Crippen LogP) is 5.25. The van der Waals surface area contributed by atoms with Gasteiger partial charge in [0, 0.05) is 11.4 Å². The average molecular weight is 310 g/mol. The lowest BCUT2D eigenvalue weighted by atomic mass is 9.88. The fourth-order valence-corrected chi connectivity index (χ4v) is 4.18. The second-order valence-electron chi connectivity index (χ2n) is 5.99. The van der Waals surface area contributed by atoms with Crippen molar-refractivity contribution < 1.29 is 4.42 Å². The van der Waals surface area contributed by atoms with Gasteiger partial charge in [-0.1, -0.05) is 31.4 Å². The fourth-order valence-electron chi connectivity index (χ4n) is 3.03. The van der Waals surface area contributed by atoms with Crippen LogP contribution in [0.4, 0.5) is 0 Å². The highest BCUT2D eigenvalue weighted by molar-refractivity contribution is 7.16. The Bertz CT molecular complexity index is 543. The molecule has 2 aromatic rings. The van der Waals surface area contributed by atoms with Gasteiger partial charge < -0.3 is 9.73 Å². The molecule has 0 spiro atoms. The molecule has 20 heavy (non-hydrogen) atoms. The van der Waals surface area contributed by atoms with Crippen LogP contribution in [0.3, 0.4) is 0 Å². The van der Waals surface area contributed by atoms with Gasteiger partial charge in [0.25, 0.3) is 0 Å². The Morgan fingerprint density at radius 1 is 1.35 bits per heavy atom. The van der Waals surface area contributed by atoms with E-state index in [9.17, 15) is 0 Å². The maximum Gasteiger partial charge on any atom is 0.126 e. The molecular formula is C16H20ClNOS. The van der Waals surface area contributed by atoms with Crippen LogP contribution in [0.2, 0.25) is 4.34 Å². The minimum Gasteiger partial charge on any atom is -0.467 e. The summed E-state index contributed by atoms with van der Waals surface area (Å²) in [7, 11) is 0. The van der Waals surface area contributed by atoms with Crippen molar-refractivity contribution in [2.75, 3.05) is 6.54 Å². The van der Waals surface area contributed by atoms with Crippen LogP contribution in [0, 0.1) is 5.41 Å².